The molecule has 2 rings (SSSR count). The minimum Gasteiger partial charge on any atom is -0.394 e. The van der Waals surface area contributed by atoms with Crippen LogP contribution < -0.4 is 0 Å². The van der Waals surface area contributed by atoms with Crippen LogP contribution >= 0.6 is 22.6 Å². The largest absolute Gasteiger partial charge is 0.394 e. The van der Waals surface area contributed by atoms with Gasteiger partial charge in [-0.05, 0) is 40.3 Å². The third-order valence-electron chi connectivity index (χ3n) is 2.87. The summed E-state index contributed by atoms with van der Waals surface area (Å²) in [4.78, 5) is 0. The van der Waals surface area contributed by atoms with Crippen molar-refractivity contribution < 1.29 is 14.9 Å². The van der Waals surface area contributed by atoms with Gasteiger partial charge in [0.15, 0.2) is 0 Å². The molecule has 1 heterocycles. The molecular weight excluding hydrogens is 331 g/mol. The van der Waals surface area contributed by atoms with Gasteiger partial charge in [0.1, 0.15) is 6.10 Å². The Hall–Kier alpha value is -0.430. The van der Waals surface area contributed by atoms with Crippen LogP contribution in [0.4, 0.5) is 0 Å². The number of halogens is 1. The lowest BCUT2D eigenvalue weighted by molar-refractivity contribution is -0.0123. The molecule has 0 saturated carbocycles. The summed E-state index contributed by atoms with van der Waals surface area (Å²) in [5, 5.41) is 18.7. The minimum absolute atomic E-state index is 0.134. The van der Waals surface area contributed by atoms with Gasteiger partial charge in [-0.15, -0.1) is 0 Å². The van der Waals surface area contributed by atoms with Crippen molar-refractivity contribution in [3.63, 3.8) is 0 Å². The van der Waals surface area contributed by atoms with E-state index in [-0.39, 0.29) is 12.7 Å². The highest BCUT2D eigenvalue weighted by atomic mass is 127. The van der Waals surface area contributed by atoms with Gasteiger partial charge in [0.05, 0.1) is 18.8 Å². The molecule has 1 saturated heterocycles. The van der Waals surface area contributed by atoms with Crippen LogP contribution in [0.2, 0.25) is 0 Å². The normalized spacial score (nSPS) is 42.9. The molecule has 2 aliphatic rings. The van der Waals surface area contributed by atoms with Crippen LogP contribution in [-0.4, -0.2) is 35.1 Å². The second-order valence-electron chi connectivity index (χ2n) is 4.09. The molecule has 3 nitrogen and oxygen atoms in total. The quantitative estimate of drug-likeness (QED) is 0.751. The fourth-order valence-electron chi connectivity index (χ4n) is 1.92. The van der Waals surface area contributed by atoms with Crippen LogP contribution in [0, 0.1) is 0 Å². The zero-order valence-electron chi connectivity index (χ0n) is 9.29. The van der Waals surface area contributed by atoms with E-state index in [1.807, 2.05) is 36.5 Å². The van der Waals surface area contributed by atoms with Gasteiger partial charge in [0.25, 0.3) is 0 Å². The van der Waals surface area contributed by atoms with Gasteiger partial charge >= 0.3 is 0 Å². The molecule has 0 aromatic carbocycles. The molecule has 2 N–H and O–H groups in total. The van der Waals surface area contributed by atoms with Crippen LogP contribution in [0.3, 0.4) is 0 Å². The minimum atomic E-state index is -0.580. The molecule has 4 heteroatoms. The number of allylic oxidation sites excluding steroid dienone is 6. The number of rotatable bonds is 2. The van der Waals surface area contributed by atoms with Crippen molar-refractivity contribution in [3.05, 3.63) is 45.6 Å². The predicted molar refractivity (Wildman–Crippen MR) is 74.8 cm³/mol. The van der Waals surface area contributed by atoms with Gasteiger partial charge in [-0.1, -0.05) is 24.3 Å². The smallest absolute Gasteiger partial charge is 0.107 e. The van der Waals surface area contributed by atoms with Gasteiger partial charge in [-0.25, -0.2) is 0 Å². The molecule has 3 unspecified atom stereocenters. The first-order valence-electron chi connectivity index (χ1n) is 5.57. The molecule has 0 aromatic rings. The average molecular weight is 346 g/mol. The molecule has 0 spiro atoms. The Bertz CT molecular complexity index is 395. The Morgan fingerprint density at radius 2 is 2.06 bits per heavy atom. The highest BCUT2D eigenvalue weighted by Gasteiger charge is 2.34. The van der Waals surface area contributed by atoms with Crippen LogP contribution in [0.1, 0.15) is 6.42 Å². The molecule has 0 aromatic heterocycles. The van der Waals surface area contributed by atoms with Crippen LogP contribution in [0.25, 0.3) is 0 Å². The van der Waals surface area contributed by atoms with Crippen molar-refractivity contribution in [1.82, 2.24) is 0 Å². The lowest BCUT2D eigenvalue weighted by Crippen LogP contribution is -2.24. The van der Waals surface area contributed by atoms with E-state index in [1.54, 1.807) is 0 Å². The fourth-order valence-corrected chi connectivity index (χ4v) is 2.31. The number of aliphatic hydroxyl groups excluding tert-OH is 2. The van der Waals surface area contributed by atoms with E-state index >= 15 is 0 Å². The molecule has 3 atom stereocenters. The van der Waals surface area contributed by atoms with Crippen molar-refractivity contribution in [2.45, 2.75) is 24.7 Å². The molecule has 0 radical (unpaired) electrons. The summed E-state index contributed by atoms with van der Waals surface area (Å²) in [5.41, 5.74) is 1.03. The molecule has 1 aliphatic heterocycles. The lowest BCUT2D eigenvalue weighted by atomic mass is 10.0. The molecule has 92 valence electrons. The van der Waals surface area contributed by atoms with Crippen LogP contribution in [-0.2, 0) is 4.74 Å². The maximum Gasteiger partial charge on any atom is 0.107 e. The highest BCUT2D eigenvalue weighted by molar-refractivity contribution is 14.1. The molecular formula is C13H15IO3. The van der Waals surface area contributed by atoms with Crippen molar-refractivity contribution >= 4 is 22.6 Å². The Morgan fingerprint density at radius 3 is 2.76 bits per heavy atom. The van der Waals surface area contributed by atoms with E-state index in [0.717, 1.165) is 9.15 Å². The van der Waals surface area contributed by atoms with Gasteiger partial charge in [-0.3, -0.25) is 0 Å². The topological polar surface area (TPSA) is 49.7 Å². The molecule has 0 bridgehead atoms. The Labute approximate surface area is 114 Å². The van der Waals surface area contributed by atoms with E-state index in [2.05, 4.69) is 22.6 Å². The molecule has 1 aliphatic carbocycles. The summed E-state index contributed by atoms with van der Waals surface area (Å²) in [5.74, 6) is 0. The highest BCUT2D eigenvalue weighted by Crippen LogP contribution is 2.27. The van der Waals surface area contributed by atoms with E-state index in [9.17, 15) is 5.11 Å². The maximum absolute atomic E-state index is 9.70. The van der Waals surface area contributed by atoms with Crippen LogP contribution in [0.15, 0.2) is 45.6 Å². The maximum atomic E-state index is 9.70. The monoisotopic (exact) mass is 346 g/mol. The van der Waals surface area contributed by atoms with Crippen molar-refractivity contribution in [2.24, 2.45) is 0 Å². The first-order chi connectivity index (χ1) is 8.20. The first-order valence-corrected chi connectivity index (χ1v) is 6.65. The van der Waals surface area contributed by atoms with Crippen LogP contribution in [0.5, 0.6) is 0 Å². The number of hydrogen-bond donors (Lipinski definition) is 2. The average Bonchev–Trinajstić information content (AvgIpc) is 2.65. The van der Waals surface area contributed by atoms with Gasteiger partial charge < -0.3 is 14.9 Å². The first kappa shape index (κ1) is 13.0. The Balaban J connectivity index is 2.11. The van der Waals surface area contributed by atoms with Gasteiger partial charge in [0.2, 0.25) is 0 Å². The Morgan fingerprint density at radius 1 is 1.29 bits per heavy atom. The molecule has 0 amide bonds. The van der Waals surface area contributed by atoms with Gasteiger partial charge in [0, 0.05) is 10.0 Å². The summed E-state index contributed by atoms with van der Waals surface area (Å²) >= 11 is 2.25. The van der Waals surface area contributed by atoms with Gasteiger partial charge in [-0.2, -0.15) is 0 Å². The predicted octanol–water partition coefficient (Wildman–Crippen LogP) is 1.87. The summed E-state index contributed by atoms with van der Waals surface area (Å²) in [6.45, 7) is -0.137. The third kappa shape index (κ3) is 3.28. The number of hydrogen-bond acceptors (Lipinski definition) is 3. The summed E-state index contributed by atoms with van der Waals surface area (Å²) in [6.07, 6.45) is 11.3. The zero-order valence-corrected chi connectivity index (χ0v) is 11.4. The third-order valence-corrected chi connectivity index (χ3v) is 3.58. The van der Waals surface area contributed by atoms with E-state index in [4.69, 9.17) is 9.84 Å². The van der Waals surface area contributed by atoms with Crippen molar-refractivity contribution in [1.29, 1.82) is 0 Å². The summed E-state index contributed by atoms with van der Waals surface area (Å²) in [7, 11) is 0. The van der Waals surface area contributed by atoms with E-state index < -0.39 is 12.2 Å². The number of ether oxygens (including phenoxy) is 1. The Kier molecular flexibility index (Phi) is 4.55. The molecule has 17 heavy (non-hydrogen) atoms. The van der Waals surface area contributed by atoms with Crippen molar-refractivity contribution in [2.75, 3.05) is 6.61 Å². The number of aliphatic hydroxyl groups is 2. The standard InChI is InChI=1S/C13H15IO3/c14-10-4-2-1-3-9(5-6-10)12-7-11(16)13(8-15)17-12/h1-6,11-13,15-16H,7-8H2/b2-1-,3-1?,4-2?,6-5-,9-3+,9-5?,10-4+,10-6?. The van der Waals surface area contributed by atoms with E-state index in [0.29, 0.717) is 6.42 Å². The second-order valence-corrected chi connectivity index (χ2v) is 5.33. The second kappa shape index (κ2) is 5.95. The zero-order chi connectivity index (χ0) is 12.3. The fraction of sp³-hybridized carbons (Fsp3) is 0.385. The van der Waals surface area contributed by atoms with Crippen molar-refractivity contribution in [3.8, 4) is 0 Å². The summed E-state index contributed by atoms with van der Waals surface area (Å²) < 4.78 is 6.76. The molecule has 1 fully saturated rings. The lowest BCUT2D eigenvalue weighted by Gasteiger charge is -2.13. The van der Waals surface area contributed by atoms with E-state index in [1.165, 1.54) is 0 Å². The summed E-state index contributed by atoms with van der Waals surface area (Å²) in [6, 6.07) is 0. The SMILES string of the molecule is OCC1OC(C2=C/C=C\C=C(I)/C=C\2)CC1O.